The van der Waals surface area contributed by atoms with Gasteiger partial charge in [-0.1, -0.05) is 5.16 Å². The number of nitrogens with one attached hydrogen (secondary N) is 1. The molecule has 0 aliphatic heterocycles. The first-order chi connectivity index (χ1) is 8.88. The molecule has 19 heavy (non-hydrogen) atoms. The van der Waals surface area contributed by atoms with E-state index in [4.69, 9.17) is 10.3 Å². The Kier molecular flexibility index (Phi) is 3.71. The molecule has 0 saturated heterocycles. The lowest BCUT2D eigenvalue weighted by Gasteiger charge is -2.03. The number of aryl methyl sites for hydroxylation is 1. The largest absolute Gasteiger partial charge is 0.382 e. The van der Waals surface area contributed by atoms with Gasteiger partial charge in [0.2, 0.25) is 5.89 Å². The van der Waals surface area contributed by atoms with Crippen molar-refractivity contribution in [3.63, 3.8) is 0 Å². The summed E-state index contributed by atoms with van der Waals surface area (Å²) in [5.74, 6) is 1.07. The summed E-state index contributed by atoms with van der Waals surface area (Å²) in [6.07, 6.45) is 1.61. The van der Waals surface area contributed by atoms with Crippen molar-refractivity contribution >= 4 is 32.2 Å². The predicted octanol–water partition coefficient (Wildman–Crippen LogP) is 0.475. The Bertz CT molecular complexity index is 676. The van der Waals surface area contributed by atoms with Gasteiger partial charge in [0.1, 0.15) is 9.90 Å². The maximum Gasteiger partial charge on any atom is 0.223 e. The van der Waals surface area contributed by atoms with Gasteiger partial charge >= 0.3 is 0 Å². The molecule has 2 heterocycles. The SMILES string of the molecule is Cc1nc(CCNc2snc(N)c2S(C)(=O)=O)no1. The third-order valence-corrected chi connectivity index (χ3v) is 4.35. The lowest BCUT2D eigenvalue weighted by atomic mass is 10.4. The zero-order valence-electron chi connectivity index (χ0n) is 10.4. The molecule has 0 saturated carbocycles. The molecule has 0 amide bonds. The first-order valence-corrected chi connectivity index (χ1v) is 8.02. The van der Waals surface area contributed by atoms with Crippen LogP contribution in [0, 0.1) is 6.92 Å². The third-order valence-electron chi connectivity index (χ3n) is 2.25. The van der Waals surface area contributed by atoms with E-state index in [-0.39, 0.29) is 10.7 Å². The minimum atomic E-state index is -3.40. The van der Waals surface area contributed by atoms with Crippen molar-refractivity contribution in [2.24, 2.45) is 0 Å². The molecule has 3 N–H and O–H groups in total. The average Bonchev–Trinajstić information content (AvgIpc) is 2.85. The zero-order chi connectivity index (χ0) is 14.0. The third kappa shape index (κ3) is 3.20. The van der Waals surface area contributed by atoms with Crippen LogP contribution in [0.25, 0.3) is 0 Å². The molecule has 0 aromatic carbocycles. The predicted molar refractivity (Wildman–Crippen MR) is 70.9 cm³/mol. The van der Waals surface area contributed by atoms with Gasteiger partial charge in [0.25, 0.3) is 0 Å². The van der Waals surface area contributed by atoms with Crippen LogP contribution in [0.15, 0.2) is 9.42 Å². The van der Waals surface area contributed by atoms with Gasteiger partial charge in [-0.15, -0.1) is 0 Å². The number of hydrogen-bond donors (Lipinski definition) is 2. The van der Waals surface area contributed by atoms with Crippen molar-refractivity contribution in [2.45, 2.75) is 18.2 Å². The Morgan fingerprint density at radius 1 is 1.47 bits per heavy atom. The highest BCUT2D eigenvalue weighted by molar-refractivity contribution is 7.91. The quantitative estimate of drug-likeness (QED) is 0.817. The van der Waals surface area contributed by atoms with E-state index < -0.39 is 9.84 Å². The smallest absolute Gasteiger partial charge is 0.223 e. The number of nitrogens with zero attached hydrogens (tertiary/aromatic N) is 3. The van der Waals surface area contributed by atoms with E-state index in [1.807, 2.05) is 0 Å². The Hall–Kier alpha value is -1.68. The average molecular weight is 303 g/mol. The molecule has 0 fully saturated rings. The van der Waals surface area contributed by atoms with Gasteiger partial charge in [0.05, 0.1) is 0 Å². The van der Waals surface area contributed by atoms with Crippen molar-refractivity contribution in [3.8, 4) is 0 Å². The first-order valence-electron chi connectivity index (χ1n) is 5.36. The van der Waals surface area contributed by atoms with Crippen molar-refractivity contribution in [1.82, 2.24) is 14.5 Å². The molecular formula is C9H13N5O3S2. The van der Waals surface area contributed by atoms with Crippen molar-refractivity contribution < 1.29 is 12.9 Å². The molecule has 2 aromatic rings. The van der Waals surface area contributed by atoms with Gasteiger partial charge in [0, 0.05) is 26.1 Å². The Balaban J connectivity index is 2.04. The number of sulfone groups is 1. The zero-order valence-corrected chi connectivity index (χ0v) is 12.0. The van der Waals surface area contributed by atoms with Gasteiger partial charge in [0.15, 0.2) is 21.5 Å². The maximum atomic E-state index is 11.6. The van der Waals surface area contributed by atoms with Crippen LogP contribution in [-0.2, 0) is 16.3 Å². The number of anilines is 2. The van der Waals surface area contributed by atoms with E-state index in [0.29, 0.717) is 29.7 Å². The van der Waals surface area contributed by atoms with Crippen LogP contribution in [0.2, 0.25) is 0 Å². The van der Waals surface area contributed by atoms with Gasteiger partial charge in [-0.25, -0.2) is 8.42 Å². The summed E-state index contributed by atoms with van der Waals surface area (Å²) in [7, 11) is -3.40. The van der Waals surface area contributed by atoms with Gasteiger partial charge < -0.3 is 15.6 Å². The molecule has 0 spiro atoms. The minimum absolute atomic E-state index is 0.0189. The normalized spacial score (nSPS) is 11.7. The van der Waals surface area contributed by atoms with Crippen LogP contribution in [0.3, 0.4) is 0 Å². The summed E-state index contributed by atoms with van der Waals surface area (Å²) < 4.78 is 31.8. The fourth-order valence-corrected chi connectivity index (χ4v) is 3.59. The number of nitrogens with two attached hydrogens (primary N) is 1. The first kappa shape index (κ1) is 13.7. The fraction of sp³-hybridized carbons (Fsp3) is 0.444. The van der Waals surface area contributed by atoms with Crippen LogP contribution < -0.4 is 11.1 Å². The summed E-state index contributed by atoms with van der Waals surface area (Å²) in [5, 5.41) is 7.15. The number of aromatic nitrogens is 3. The molecule has 0 radical (unpaired) electrons. The minimum Gasteiger partial charge on any atom is -0.382 e. The topological polar surface area (TPSA) is 124 Å². The number of hydrogen-bond acceptors (Lipinski definition) is 9. The summed E-state index contributed by atoms with van der Waals surface area (Å²) >= 11 is 1.01. The second-order valence-electron chi connectivity index (χ2n) is 3.90. The Morgan fingerprint density at radius 2 is 2.21 bits per heavy atom. The second kappa shape index (κ2) is 5.13. The van der Waals surface area contributed by atoms with E-state index in [1.165, 1.54) is 0 Å². The lowest BCUT2D eigenvalue weighted by Crippen LogP contribution is -2.09. The van der Waals surface area contributed by atoms with Crippen molar-refractivity contribution in [3.05, 3.63) is 11.7 Å². The van der Waals surface area contributed by atoms with E-state index in [0.717, 1.165) is 17.8 Å². The maximum absolute atomic E-state index is 11.6. The monoisotopic (exact) mass is 303 g/mol. The van der Waals surface area contributed by atoms with E-state index in [9.17, 15) is 8.42 Å². The fourth-order valence-electron chi connectivity index (χ4n) is 1.50. The summed E-state index contributed by atoms with van der Waals surface area (Å²) in [5.41, 5.74) is 5.55. The molecule has 10 heteroatoms. The molecule has 0 aliphatic carbocycles. The summed E-state index contributed by atoms with van der Waals surface area (Å²) in [6.45, 7) is 2.17. The van der Waals surface area contributed by atoms with Crippen LogP contribution >= 0.6 is 11.5 Å². The second-order valence-corrected chi connectivity index (χ2v) is 6.63. The van der Waals surface area contributed by atoms with Crippen LogP contribution in [0.4, 0.5) is 10.8 Å². The van der Waals surface area contributed by atoms with Gasteiger partial charge in [-0.2, -0.15) is 9.36 Å². The molecule has 0 unspecified atom stereocenters. The van der Waals surface area contributed by atoms with Crippen molar-refractivity contribution in [1.29, 1.82) is 0 Å². The molecule has 2 rings (SSSR count). The van der Waals surface area contributed by atoms with Crippen LogP contribution in [0.1, 0.15) is 11.7 Å². The number of nitrogen functional groups attached to an aromatic ring is 1. The number of rotatable bonds is 5. The standard InChI is InChI=1S/C9H13N5O3S2/c1-5-12-6(13-17-5)3-4-11-9-7(19(2,15)16)8(10)14-18-9/h11H,3-4H2,1-2H3,(H2,10,14). The molecule has 8 nitrogen and oxygen atoms in total. The Morgan fingerprint density at radius 3 is 2.79 bits per heavy atom. The lowest BCUT2D eigenvalue weighted by molar-refractivity contribution is 0.387. The van der Waals surface area contributed by atoms with Gasteiger partial charge in [-0.05, 0) is 11.5 Å². The molecule has 104 valence electrons. The molecule has 0 atom stereocenters. The van der Waals surface area contributed by atoms with Gasteiger partial charge in [-0.3, -0.25) is 0 Å². The highest BCUT2D eigenvalue weighted by atomic mass is 32.2. The van der Waals surface area contributed by atoms with E-state index in [1.54, 1.807) is 6.92 Å². The molecule has 0 bridgehead atoms. The van der Waals surface area contributed by atoms with Crippen molar-refractivity contribution in [2.75, 3.05) is 23.9 Å². The molecule has 0 aliphatic rings. The molecular weight excluding hydrogens is 290 g/mol. The Labute approximate surface area is 114 Å². The van der Waals surface area contributed by atoms with Crippen LogP contribution in [-0.4, -0.2) is 35.7 Å². The molecule has 2 aromatic heterocycles. The van der Waals surface area contributed by atoms with E-state index >= 15 is 0 Å². The summed E-state index contributed by atoms with van der Waals surface area (Å²) in [6, 6.07) is 0. The summed E-state index contributed by atoms with van der Waals surface area (Å²) in [4.78, 5) is 4.09. The van der Waals surface area contributed by atoms with E-state index in [2.05, 4.69) is 19.8 Å². The van der Waals surface area contributed by atoms with Crippen LogP contribution in [0.5, 0.6) is 0 Å². The highest BCUT2D eigenvalue weighted by Gasteiger charge is 2.21. The highest BCUT2D eigenvalue weighted by Crippen LogP contribution is 2.31.